The summed E-state index contributed by atoms with van der Waals surface area (Å²) >= 11 is 0. The lowest BCUT2D eigenvalue weighted by atomic mass is 9.80. The summed E-state index contributed by atoms with van der Waals surface area (Å²) in [4.78, 5) is 34.1. The minimum atomic E-state index is -0.769. The van der Waals surface area contributed by atoms with Crippen molar-refractivity contribution in [1.82, 2.24) is 14.9 Å². The number of nitrogens with one attached hydrogen (secondary N) is 1. The Morgan fingerprint density at radius 1 is 1.26 bits per heavy atom. The van der Waals surface area contributed by atoms with Crippen molar-refractivity contribution in [2.45, 2.75) is 46.0 Å². The van der Waals surface area contributed by atoms with Crippen LogP contribution < -0.4 is 0 Å². The largest absolute Gasteiger partial charge is 0.481 e. The van der Waals surface area contributed by atoms with E-state index < -0.39 is 5.97 Å². The van der Waals surface area contributed by atoms with Crippen molar-refractivity contribution < 1.29 is 14.7 Å². The van der Waals surface area contributed by atoms with Crippen molar-refractivity contribution in [3.8, 4) is 0 Å². The number of hydrogen-bond acceptors (Lipinski definition) is 3. The molecule has 0 spiro atoms. The van der Waals surface area contributed by atoms with E-state index in [1.54, 1.807) is 0 Å². The highest BCUT2D eigenvalue weighted by Gasteiger charge is 2.34. The Bertz CT molecular complexity index is 764. The van der Waals surface area contributed by atoms with E-state index in [4.69, 9.17) is 0 Å². The maximum Gasteiger partial charge on any atom is 0.303 e. The number of carbonyl (C=O) groups excluding carboxylic acids is 1. The average Bonchev–Trinajstić information content (AvgIpc) is 3.06. The minimum Gasteiger partial charge on any atom is -0.481 e. The third kappa shape index (κ3) is 4.49. The number of H-pyrrole nitrogens is 1. The highest BCUT2D eigenvalue weighted by Crippen LogP contribution is 2.31. The summed E-state index contributed by atoms with van der Waals surface area (Å²) in [6, 6.07) is 7.88. The normalized spacial score (nSPS) is 20.3. The van der Waals surface area contributed by atoms with Gasteiger partial charge < -0.3 is 15.0 Å². The van der Waals surface area contributed by atoms with E-state index in [2.05, 4.69) is 23.8 Å². The van der Waals surface area contributed by atoms with Crippen molar-refractivity contribution in [3.05, 3.63) is 30.1 Å². The second kappa shape index (κ2) is 8.55. The van der Waals surface area contributed by atoms with E-state index in [-0.39, 0.29) is 30.1 Å². The van der Waals surface area contributed by atoms with E-state index in [1.165, 1.54) is 0 Å². The lowest BCUT2D eigenvalue weighted by Crippen LogP contribution is -2.47. The second-order valence-electron chi connectivity index (χ2n) is 7.61. The molecular weight excluding hydrogens is 342 g/mol. The number of amides is 1. The van der Waals surface area contributed by atoms with E-state index in [0.717, 1.165) is 36.1 Å². The molecule has 6 heteroatoms. The van der Waals surface area contributed by atoms with Gasteiger partial charge in [0.1, 0.15) is 5.82 Å². The number of aromatic nitrogens is 2. The molecule has 2 N–H and O–H groups in total. The highest BCUT2D eigenvalue weighted by molar-refractivity contribution is 5.79. The fraction of sp³-hybridized carbons (Fsp3) is 0.571. The number of nitrogens with zero attached hydrogens (tertiary/aromatic N) is 2. The predicted octanol–water partition coefficient (Wildman–Crippen LogP) is 3.48. The summed E-state index contributed by atoms with van der Waals surface area (Å²) in [5, 5.41) is 9.30. The summed E-state index contributed by atoms with van der Waals surface area (Å²) in [5.74, 6) is 0.550. The molecule has 6 nitrogen and oxygen atoms in total. The van der Waals surface area contributed by atoms with Crippen LogP contribution in [0.2, 0.25) is 0 Å². The molecule has 0 aliphatic carbocycles. The van der Waals surface area contributed by atoms with Crippen LogP contribution in [0.15, 0.2) is 24.3 Å². The molecule has 1 fully saturated rings. The van der Waals surface area contributed by atoms with Gasteiger partial charge in [0.15, 0.2) is 0 Å². The Morgan fingerprint density at radius 3 is 2.67 bits per heavy atom. The molecule has 0 unspecified atom stereocenters. The average molecular weight is 371 g/mol. The number of carboxylic acids is 1. The standard InChI is InChI=1S/C21H29N3O3/c1-3-14(4-2)21(27)24-10-9-15(12-20(25)26)16(13-24)11-19-22-17-7-5-6-8-18(17)23-19/h5-8,14-16H,3-4,9-13H2,1-2H3,(H,22,23)(H,25,26)/t15-,16-/m0/s1. The molecule has 3 rings (SSSR count). The molecule has 2 aromatic rings. The number of piperidine rings is 1. The van der Waals surface area contributed by atoms with Gasteiger partial charge in [0.05, 0.1) is 11.0 Å². The molecule has 2 heterocycles. The fourth-order valence-corrected chi connectivity index (χ4v) is 4.25. The molecule has 1 aliphatic heterocycles. The second-order valence-corrected chi connectivity index (χ2v) is 7.61. The first-order chi connectivity index (χ1) is 13.0. The van der Waals surface area contributed by atoms with Crippen LogP contribution in [0.1, 0.15) is 45.4 Å². The van der Waals surface area contributed by atoms with Crippen LogP contribution in [0.25, 0.3) is 11.0 Å². The van der Waals surface area contributed by atoms with E-state index in [9.17, 15) is 14.7 Å². The first kappa shape index (κ1) is 19.4. The molecule has 1 aliphatic rings. The van der Waals surface area contributed by atoms with Crippen LogP contribution in [-0.4, -0.2) is 44.9 Å². The zero-order valence-corrected chi connectivity index (χ0v) is 16.1. The van der Waals surface area contributed by atoms with Gasteiger partial charge in [-0.15, -0.1) is 0 Å². The van der Waals surface area contributed by atoms with Crippen LogP contribution in [0, 0.1) is 17.8 Å². The SMILES string of the molecule is CCC(CC)C(=O)N1CC[C@@H](CC(=O)O)[C@@H](Cc2nc3ccccc3[nH]2)C1. The highest BCUT2D eigenvalue weighted by atomic mass is 16.4. The van der Waals surface area contributed by atoms with Gasteiger partial charge >= 0.3 is 5.97 Å². The lowest BCUT2D eigenvalue weighted by molar-refractivity contribution is -0.141. The number of para-hydroxylation sites is 2. The van der Waals surface area contributed by atoms with E-state index >= 15 is 0 Å². The van der Waals surface area contributed by atoms with Crippen LogP contribution >= 0.6 is 0 Å². The van der Waals surface area contributed by atoms with Crippen LogP contribution in [-0.2, 0) is 16.0 Å². The van der Waals surface area contributed by atoms with Crippen molar-refractivity contribution in [1.29, 1.82) is 0 Å². The van der Waals surface area contributed by atoms with Crippen LogP contribution in [0.4, 0.5) is 0 Å². The number of carbonyl (C=O) groups is 2. The Morgan fingerprint density at radius 2 is 2.00 bits per heavy atom. The minimum absolute atomic E-state index is 0.0628. The molecule has 2 atom stereocenters. The number of benzene rings is 1. The number of aliphatic carboxylic acids is 1. The lowest BCUT2D eigenvalue weighted by Gasteiger charge is -2.39. The van der Waals surface area contributed by atoms with Crippen molar-refractivity contribution in [3.63, 3.8) is 0 Å². The number of rotatable bonds is 7. The number of imidazole rings is 1. The van der Waals surface area contributed by atoms with Gasteiger partial charge in [-0.1, -0.05) is 26.0 Å². The van der Waals surface area contributed by atoms with Gasteiger partial charge in [-0.2, -0.15) is 0 Å². The molecule has 27 heavy (non-hydrogen) atoms. The maximum atomic E-state index is 12.8. The molecule has 0 saturated carbocycles. The molecule has 1 aromatic carbocycles. The van der Waals surface area contributed by atoms with Crippen molar-refractivity contribution in [2.24, 2.45) is 17.8 Å². The quantitative estimate of drug-likeness (QED) is 0.780. The predicted molar refractivity (Wildman–Crippen MR) is 104 cm³/mol. The first-order valence-corrected chi connectivity index (χ1v) is 9.96. The summed E-state index contributed by atoms with van der Waals surface area (Å²) in [6.45, 7) is 5.37. The topological polar surface area (TPSA) is 86.3 Å². The van der Waals surface area contributed by atoms with Gasteiger partial charge in [0, 0.05) is 31.8 Å². The van der Waals surface area contributed by atoms with Crippen molar-refractivity contribution >= 4 is 22.9 Å². The van der Waals surface area contributed by atoms with Gasteiger partial charge in [0.2, 0.25) is 5.91 Å². The Kier molecular flexibility index (Phi) is 6.14. The molecule has 1 amide bonds. The summed E-state index contributed by atoms with van der Waals surface area (Å²) < 4.78 is 0. The van der Waals surface area contributed by atoms with Gasteiger partial charge in [-0.05, 0) is 43.2 Å². The van der Waals surface area contributed by atoms with Gasteiger partial charge in [-0.3, -0.25) is 9.59 Å². The molecule has 1 saturated heterocycles. The number of aromatic amines is 1. The molecule has 0 radical (unpaired) electrons. The zero-order chi connectivity index (χ0) is 19.4. The van der Waals surface area contributed by atoms with Crippen molar-refractivity contribution in [2.75, 3.05) is 13.1 Å². The fourth-order valence-electron chi connectivity index (χ4n) is 4.25. The first-order valence-electron chi connectivity index (χ1n) is 9.96. The van der Waals surface area contributed by atoms with Gasteiger partial charge in [-0.25, -0.2) is 4.98 Å². The smallest absolute Gasteiger partial charge is 0.303 e. The third-order valence-electron chi connectivity index (χ3n) is 5.87. The van der Waals surface area contributed by atoms with Crippen LogP contribution in [0.5, 0.6) is 0 Å². The number of carboxylic acid groups (broad SMARTS) is 1. The Hall–Kier alpha value is -2.37. The molecule has 0 bridgehead atoms. The summed E-state index contributed by atoms with van der Waals surface area (Å²) in [5.41, 5.74) is 1.91. The summed E-state index contributed by atoms with van der Waals surface area (Å²) in [7, 11) is 0. The van der Waals surface area contributed by atoms with Crippen LogP contribution in [0.3, 0.4) is 0 Å². The van der Waals surface area contributed by atoms with Gasteiger partial charge in [0.25, 0.3) is 0 Å². The zero-order valence-electron chi connectivity index (χ0n) is 16.1. The Balaban J connectivity index is 1.77. The third-order valence-corrected chi connectivity index (χ3v) is 5.87. The number of fused-ring (bicyclic) bond motifs is 1. The van der Waals surface area contributed by atoms with E-state index in [0.29, 0.717) is 19.5 Å². The number of hydrogen-bond donors (Lipinski definition) is 2. The maximum absolute atomic E-state index is 12.8. The molecular formula is C21H29N3O3. The molecule has 1 aromatic heterocycles. The Labute approximate surface area is 160 Å². The number of likely N-dealkylation sites (tertiary alicyclic amines) is 1. The monoisotopic (exact) mass is 371 g/mol. The molecule has 146 valence electrons. The van der Waals surface area contributed by atoms with E-state index in [1.807, 2.05) is 29.2 Å². The summed E-state index contributed by atoms with van der Waals surface area (Å²) in [6.07, 6.45) is 3.25.